The summed E-state index contributed by atoms with van der Waals surface area (Å²) in [7, 11) is 0. The molecule has 146 valence electrons. The van der Waals surface area contributed by atoms with Crippen LogP contribution in [0.4, 0.5) is 5.69 Å². The predicted molar refractivity (Wildman–Crippen MR) is 102 cm³/mol. The Labute approximate surface area is 164 Å². The normalized spacial score (nSPS) is 13.9. The van der Waals surface area contributed by atoms with Crippen LogP contribution in [0.5, 0.6) is 11.5 Å². The molecule has 4 rings (SSSR count). The van der Waals surface area contributed by atoms with E-state index in [4.69, 9.17) is 19.1 Å². The second-order valence-electron chi connectivity index (χ2n) is 6.26. The van der Waals surface area contributed by atoms with Gasteiger partial charge in [0.2, 0.25) is 5.78 Å². The average Bonchev–Trinajstić information content (AvgIpc) is 3.25. The number of hydrogen-bond acceptors (Lipinski definition) is 8. The van der Waals surface area contributed by atoms with Crippen molar-refractivity contribution in [2.45, 2.75) is 6.92 Å². The molecule has 1 aliphatic heterocycles. The van der Waals surface area contributed by atoms with Crippen molar-refractivity contribution in [3.8, 4) is 11.5 Å². The molecule has 0 unspecified atom stereocenters. The van der Waals surface area contributed by atoms with Crippen molar-refractivity contribution in [1.82, 2.24) is 0 Å². The molecule has 0 amide bonds. The van der Waals surface area contributed by atoms with E-state index in [2.05, 4.69) is 0 Å². The molecule has 0 spiro atoms. The molecular formula is C21H14NO7-. The molecule has 0 fully saturated rings. The summed E-state index contributed by atoms with van der Waals surface area (Å²) < 4.78 is 16.3. The summed E-state index contributed by atoms with van der Waals surface area (Å²) in [6.07, 6.45) is 1.50. The molecule has 8 nitrogen and oxygen atoms in total. The van der Waals surface area contributed by atoms with Gasteiger partial charge in [-0.1, -0.05) is 6.07 Å². The summed E-state index contributed by atoms with van der Waals surface area (Å²) >= 11 is 0. The van der Waals surface area contributed by atoms with Gasteiger partial charge in [0.05, 0.1) is 16.8 Å². The van der Waals surface area contributed by atoms with E-state index in [9.17, 15) is 14.8 Å². The second-order valence-corrected chi connectivity index (χ2v) is 6.26. The molecule has 29 heavy (non-hydrogen) atoms. The Bertz CT molecular complexity index is 1140. The van der Waals surface area contributed by atoms with E-state index in [1.165, 1.54) is 48.5 Å². The Morgan fingerprint density at radius 3 is 2.72 bits per heavy atom. The van der Waals surface area contributed by atoms with Gasteiger partial charge in [0.25, 0.3) is 0 Å². The van der Waals surface area contributed by atoms with E-state index >= 15 is 0 Å². The number of carbonyl (C=O) groups excluding carboxylic acids is 2. The quantitative estimate of drug-likeness (QED) is 0.305. The maximum absolute atomic E-state index is 12.5. The summed E-state index contributed by atoms with van der Waals surface area (Å²) in [6.45, 7) is 1.79. The molecule has 0 saturated carbocycles. The van der Waals surface area contributed by atoms with Gasteiger partial charge in [-0.15, -0.1) is 0 Å². The number of esters is 1. The highest BCUT2D eigenvalue weighted by molar-refractivity contribution is 6.14. The van der Waals surface area contributed by atoms with Crippen molar-refractivity contribution in [3.63, 3.8) is 0 Å². The number of carbonyl (C=O) groups is 2. The summed E-state index contributed by atoms with van der Waals surface area (Å²) in [6, 6.07) is 13.3. The Hall–Kier alpha value is -3.88. The maximum atomic E-state index is 12.5. The first-order valence-electron chi connectivity index (χ1n) is 8.54. The van der Waals surface area contributed by atoms with E-state index < -0.39 is 5.97 Å². The molecule has 1 aliphatic rings. The molecular weight excluding hydrogens is 378 g/mol. The summed E-state index contributed by atoms with van der Waals surface area (Å²) in [5.41, 5.74) is 0.303. The van der Waals surface area contributed by atoms with Gasteiger partial charge in [-0.25, -0.2) is 4.79 Å². The third kappa shape index (κ3) is 3.75. The number of fused-ring (bicyclic) bond motifs is 1. The Morgan fingerprint density at radius 1 is 1.17 bits per heavy atom. The van der Waals surface area contributed by atoms with Crippen molar-refractivity contribution in [3.05, 3.63) is 88.2 Å². The van der Waals surface area contributed by atoms with E-state index in [0.29, 0.717) is 17.1 Å². The smallest absolute Gasteiger partial charge is 0.343 e. The first-order valence-corrected chi connectivity index (χ1v) is 8.54. The summed E-state index contributed by atoms with van der Waals surface area (Å²) in [4.78, 5) is 24.8. The predicted octanol–water partition coefficient (Wildman–Crippen LogP) is 4.12. The van der Waals surface area contributed by atoms with Crippen LogP contribution >= 0.6 is 0 Å². The third-order valence-corrected chi connectivity index (χ3v) is 4.19. The fourth-order valence-electron chi connectivity index (χ4n) is 2.81. The minimum Gasteiger partial charge on any atom is -0.733 e. The zero-order valence-corrected chi connectivity index (χ0v) is 15.1. The molecule has 1 N–H and O–H groups in total. The van der Waals surface area contributed by atoms with Crippen LogP contribution in [0.1, 0.15) is 32.2 Å². The van der Waals surface area contributed by atoms with Gasteiger partial charge in [0, 0.05) is 12.1 Å². The van der Waals surface area contributed by atoms with Crippen molar-refractivity contribution in [2.24, 2.45) is 0 Å². The summed E-state index contributed by atoms with van der Waals surface area (Å²) in [5, 5.41) is 19.6. The number of hydrogen-bond donors (Lipinski definition) is 1. The largest absolute Gasteiger partial charge is 0.733 e. The number of allylic oxidation sites excluding steroid dienone is 1. The van der Waals surface area contributed by atoms with Crippen LogP contribution in [-0.2, 0) is 0 Å². The van der Waals surface area contributed by atoms with Gasteiger partial charge < -0.3 is 24.3 Å². The van der Waals surface area contributed by atoms with E-state index in [1.807, 2.05) is 0 Å². The summed E-state index contributed by atoms with van der Waals surface area (Å²) in [5.74, 6) is 0.664. The SMILES string of the molecule is Cc1ccc(C=C2Oc3cc(OC(=O)c4cccc(N([O-])O)c4)ccc3C2=O)o1. The van der Waals surface area contributed by atoms with Crippen LogP contribution in [0.2, 0.25) is 0 Å². The number of furan rings is 1. The highest BCUT2D eigenvalue weighted by Crippen LogP contribution is 2.35. The zero-order chi connectivity index (χ0) is 20.5. The van der Waals surface area contributed by atoms with Crippen molar-refractivity contribution >= 4 is 23.5 Å². The van der Waals surface area contributed by atoms with Crippen molar-refractivity contribution in [1.29, 1.82) is 0 Å². The highest BCUT2D eigenvalue weighted by Gasteiger charge is 2.28. The molecule has 2 heterocycles. The zero-order valence-electron chi connectivity index (χ0n) is 15.1. The lowest BCUT2D eigenvalue weighted by molar-refractivity contribution is 0.0734. The number of ether oxygens (including phenoxy) is 2. The lowest BCUT2D eigenvalue weighted by Gasteiger charge is -2.21. The molecule has 0 radical (unpaired) electrons. The van der Waals surface area contributed by atoms with Crippen LogP contribution in [0.15, 0.2) is 64.8 Å². The fourth-order valence-corrected chi connectivity index (χ4v) is 2.81. The number of benzene rings is 2. The van der Waals surface area contributed by atoms with Gasteiger partial charge in [0.15, 0.2) is 5.76 Å². The van der Waals surface area contributed by atoms with Crippen LogP contribution in [0, 0.1) is 12.1 Å². The molecule has 0 bridgehead atoms. The van der Waals surface area contributed by atoms with Gasteiger partial charge in [-0.2, -0.15) is 0 Å². The molecule has 8 heteroatoms. The number of anilines is 1. The van der Waals surface area contributed by atoms with E-state index in [-0.39, 0.29) is 39.5 Å². The number of aryl methyl sites for hydroxylation is 1. The molecule has 0 atom stereocenters. The number of Topliss-reactive ketones (excluding diaryl/α,β-unsaturated/α-hetero) is 1. The third-order valence-electron chi connectivity index (χ3n) is 4.19. The monoisotopic (exact) mass is 392 g/mol. The minimum atomic E-state index is -0.736. The lowest BCUT2D eigenvalue weighted by Crippen LogP contribution is -2.11. The first kappa shape index (κ1) is 18.5. The highest BCUT2D eigenvalue weighted by atomic mass is 16.8. The van der Waals surface area contributed by atoms with E-state index in [0.717, 1.165) is 0 Å². The van der Waals surface area contributed by atoms with Gasteiger partial charge in [0.1, 0.15) is 23.0 Å². The van der Waals surface area contributed by atoms with Crippen LogP contribution in [-0.4, -0.2) is 17.0 Å². The first-order chi connectivity index (χ1) is 13.9. The van der Waals surface area contributed by atoms with Gasteiger partial charge in [-0.05, 0) is 49.4 Å². The molecule has 0 aliphatic carbocycles. The topological polar surface area (TPSA) is 112 Å². The molecule has 3 aromatic rings. The Morgan fingerprint density at radius 2 is 2.00 bits per heavy atom. The molecule has 0 saturated heterocycles. The van der Waals surface area contributed by atoms with E-state index in [1.54, 1.807) is 19.1 Å². The Balaban J connectivity index is 1.54. The second kappa shape index (κ2) is 7.27. The van der Waals surface area contributed by atoms with Gasteiger partial charge >= 0.3 is 5.97 Å². The van der Waals surface area contributed by atoms with Crippen molar-refractivity contribution < 1.29 is 28.7 Å². The lowest BCUT2D eigenvalue weighted by atomic mass is 10.1. The van der Waals surface area contributed by atoms with Crippen LogP contribution in [0.25, 0.3) is 6.08 Å². The molecule has 1 aromatic heterocycles. The van der Waals surface area contributed by atoms with Crippen LogP contribution in [0.3, 0.4) is 0 Å². The van der Waals surface area contributed by atoms with Crippen molar-refractivity contribution in [2.75, 3.05) is 5.23 Å². The Kier molecular flexibility index (Phi) is 4.63. The average molecular weight is 392 g/mol. The molecule has 2 aromatic carbocycles. The number of nitrogens with zero attached hydrogens (tertiary/aromatic N) is 1. The number of ketones is 1. The fraction of sp³-hybridized carbons (Fsp3) is 0.0476. The standard InChI is InChI=1S/C21H14NO7/c1-12-5-6-15(27-12)11-19-20(23)17-8-7-16(10-18(17)29-19)28-21(24)13-3-2-4-14(9-13)22(25)26/h2-11,25H,1H3/q-1. The van der Waals surface area contributed by atoms with Crippen LogP contribution < -0.4 is 14.7 Å². The minimum absolute atomic E-state index is 0.0728. The maximum Gasteiger partial charge on any atom is 0.343 e. The number of rotatable bonds is 4. The van der Waals surface area contributed by atoms with Gasteiger partial charge in [-0.3, -0.25) is 10.0 Å².